The van der Waals surface area contributed by atoms with Crippen molar-refractivity contribution in [3.05, 3.63) is 35.4 Å². The molecule has 0 aromatic heterocycles. The number of rotatable bonds is 1. The molecule has 0 heterocycles. The Morgan fingerprint density at radius 2 is 2.12 bits per heavy atom. The molecule has 1 aromatic carbocycles. The van der Waals surface area contributed by atoms with E-state index in [1.807, 2.05) is 12.1 Å². The van der Waals surface area contributed by atoms with Gasteiger partial charge in [-0.05, 0) is 18.4 Å². The highest BCUT2D eigenvalue weighted by molar-refractivity contribution is 6.16. The molecule has 0 aliphatic heterocycles. The number of aryl methyl sites for hydroxylation is 1. The first-order valence-electron chi connectivity index (χ1n) is 5.03. The number of benzene rings is 1. The summed E-state index contributed by atoms with van der Waals surface area (Å²) in [6.45, 7) is 0. The van der Waals surface area contributed by atoms with Crippen molar-refractivity contribution in [2.45, 2.75) is 18.4 Å². The average molecular weight is 220 g/mol. The van der Waals surface area contributed by atoms with Gasteiger partial charge in [-0.2, -0.15) is 0 Å². The maximum atomic E-state index is 12.0. The number of Topliss-reactive ketones (excluding diaryl/α,β-unsaturated/α-hetero) is 1. The molecule has 1 unspecified atom stereocenters. The van der Waals surface area contributed by atoms with Crippen molar-refractivity contribution in [1.29, 1.82) is 0 Å². The fraction of sp³-hybridized carbons (Fsp3) is 0.333. The van der Waals surface area contributed by atoms with Gasteiger partial charge in [0.25, 0.3) is 0 Å². The first-order chi connectivity index (χ1) is 7.59. The van der Waals surface area contributed by atoms with E-state index in [2.05, 4.69) is 4.74 Å². The first kappa shape index (κ1) is 10.8. The van der Waals surface area contributed by atoms with E-state index in [0.29, 0.717) is 12.0 Å². The predicted molar refractivity (Wildman–Crippen MR) is 56.1 cm³/mol. The number of hydrogen-bond acceptors (Lipinski definition) is 4. The van der Waals surface area contributed by atoms with Crippen LogP contribution in [0.1, 0.15) is 22.3 Å². The molecule has 1 aliphatic rings. The summed E-state index contributed by atoms with van der Waals surface area (Å²) < 4.78 is 4.47. The van der Waals surface area contributed by atoms with Crippen LogP contribution >= 0.6 is 0 Å². The fourth-order valence-electron chi connectivity index (χ4n) is 1.98. The molecule has 1 atom stereocenters. The standard InChI is InChI=1S/C12H12O4/c1-16-11(14)12(15)7-6-8-4-2-3-5-9(8)10(12)13/h2-5,15H,6-7H2,1H3. The highest BCUT2D eigenvalue weighted by Gasteiger charge is 2.48. The molecule has 2 rings (SSSR count). The number of carbonyl (C=O) groups is 2. The maximum absolute atomic E-state index is 12.0. The third kappa shape index (κ3) is 1.42. The second-order valence-corrected chi connectivity index (χ2v) is 3.84. The lowest BCUT2D eigenvalue weighted by Gasteiger charge is -2.29. The molecule has 0 radical (unpaired) electrons. The Balaban J connectivity index is 2.45. The monoisotopic (exact) mass is 220 g/mol. The van der Waals surface area contributed by atoms with Crippen LogP contribution in [0.4, 0.5) is 0 Å². The van der Waals surface area contributed by atoms with E-state index >= 15 is 0 Å². The van der Waals surface area contributed by atoms with Crippen molar-refractivity contribution in [1.82, 2.24) is 0 Å². The molecule has 0 amide bonds. The second kappa shape index (κ2) is 3.72. The number of aliphatic hydroxyl groups is 1. The molecule has 0 bridgehead atoms. The van der Waals surface area contributed by atoms with Gasteiger partial charge in [0.15, 0.2) is 0 Å². The van der Waals surface area contributed by atoms with E-state index in [9.17, 15) is 14.7 Å². The zero-order valence-corrected chi connectivity index (χ0v) is 8.90. The third-order valence-corrected chi connectivity index (χ3v) is 2.92. The highest BCUT2D eigenvalue weighted by Crippen LogP contribution is 2.29. The lowest BCUT2D eigenvalue weighted by molar-refractivity contribution is -0.157. The van der Waals surface area contributed by atoms with Crippen LogP contribution in [0.25, 0.3) is 0 Å². The van der Waals surface area contributed by atoms with E-state index in [1.165, 1.54) is 0 Å². The van der Waals surface area contributed by atoms with Crippen molar-refractivity contribution in [3.63, 3.8) is 0 Å². The number of ketones is 1. The molecule has 0 saturated heterocycles. The van der Waals surface area contributed by atoms with Gasteiger partial charge in [-0.25, -0.2) is 4.79 Å². The minimum atomic E-state index is -2.01. The molecular weight excluding hydrogens is 208 g/mol. The Morgan fingerprint density at radius 1 is 1.44 bits per heavy atom. The summed E-state index contributed by atoms with van der Waals surface area (Å²) in [5.41, 5.74) is -0.744. The van der Waals surface area contributed by atoms with Crippen molar-refractivity contribution < 1.29 is 19.4 Å². The summed E-state index contributed by atoms with van der Waals surface area (Å²) in [6.07, 6.45) is 0.572. The third-order valence-electron chi connectivity index (χ3n) is 2.92. The van der Waals surface area contributed by atoms with Gasteiger partial charge in [-0.15, -0.1) is 0 Å². The van der Waals surface area contributed by atoms with Crippen LogP contribution in [0, 0.1) is 0 Å². The Labute approximate surface area is 92.8 Å². The van der Waals surface area contributed by atoms with Gasteiger partial charge >= 0.3 is 5.97 Å². The zero-order valence-electron chi connectivity index (χ0n) is 8.90. The highest BCUT2D eigenvalue weighted by atomic mass is 16.5. The van der Waals surface area contributed by atoms with Crippen LogP contribution in [-0.2, 0) is 16.0 Å². The fourth-order valence-corrected chi connectivity index (χ4v) is 1.98. The average Bonchev–Trinajstić information content (AvgIpc) is 2.33. The van der Waals surface area contributed by atoms with Gasteiger partial charge in [0, 0.05) is 5.56 Å². The molecule has 1 aliphatic carbocycles. The number of fused-ring (bicyclic) bond motifs is 1. The lowest BCUT2D eigenvalue weighted by atomic mass is 9.79. The summed E-state index contributed by atoms with van der Waals surface area (Å²) in [5, 5.41) is 10.0. The number of methoxy groups -OCH3 is 1. The van der Waals surface area contributed by atoms with Gasteiger partial charge in [0.1, 0.15) is 0 Å². The van der Waals surface area contributed by atoms with Gasteiger partial charge in [0.2, 0.25) is 11.4 Å². The Hall–Kier alpha value is -1.68. The largest absolute Gasteiger partial charge is 0.467 e. The van der Waals surface area contributed by atoms with Crippen molar-refractivity contribution >= 4 is 11.8 Å². The van der Waals surface area contributed by atoms with Gasteiger partial charge in [0.05, 0.1) is 7.11 Å². The summed E-state index contributed by atoms with van der Waals surface area (Å²) >= 11 is 0. The molecule has 84 valence electrons. The molecule has 4 heteroatoms. The van der Waals surface area contributed by atoms with Crippen molar-refractivity contribution in [2.24, 2.45) is 0 Å². The quantitative estimate of drug-likeness (QED) is 0.559. The van der Waals surface area contributed by atoms with Gasteiger partial charge in [-0.1, -0.05) is 24.3 Å². The summed E-state index contributed by atoms with van der Waals surface area (Å²) in [6, 6.07) is 6.98. The van der Waals surface area contributed by atoms with E-state index in [4.69, 9.17) is 0 Å². The lowest BCUT2D eigenvalue weighted by Crippen LogP contribution is -2.50. The van der Waals surface area contributed by atoms with E-state index in [-0.39, 0.29) is 6.42 Å². The van der Waals surface area contributed by atoms with Crippen LogP contribution in [0.5, 0.6) is 0 Å². The molecule has 1 aromatic rings. The molecule has 16 heavy (non-hydrogen) atoms. The molecule has 4 nitrogen and oxygen atoms in total. The Kier molecular flexibility index (Phi) is 2.52. The molecule has 1 N–H and O–H groups in total. The second-order valence-electron chi connectivity index (χ2n) is 3.84. The molecule has 0 spiro atoms. The van der Waals surface area contributed by atoms with E-state index < -0.39 is 17.4 Å². The van der Waals surface area contributed by atoms with Crippen LogP contribution in [0.2, 0.25) is 0 Å². The summed E-state index contributed by atoms with van der Waals surface area (Å²) in [4.78, 5) is 23.4. The number of carbonyl (C=O) groups excluding carboxylic acids is 2. The zero-order chi connectivity index (χ0) is 11.8. The summed E-state index contributed by atoms with van der Waals surface area (Å²) in [5.74, 6) is -1.45. The number of hydrogen-bond donors (Lipinski definition) is 1. The van der Waals surface area contributed by atoms with Crippen molar-refractivity contribution in [2.75, 3.05) is 7.11 Å². The topological polar surface area (TPSA) is 63.6 Å². The van der Waals surface area contributed by atoms with Gasteiger partial charge in [-0.3, -0.25) is 4.79 Å². The maximum Gasteiger partial charge on any atom is 0.346 e. The Morgan fingerprint density at radius 3 is 2.81 bits per heavy atom. The number of ether oxygens (including phenoxy) is 1. The van der Waals surface area contributed by atoms with Crippen LogP contribution in [-0.4, -0.2) is 29.6 Å². The van der Waals surface area contributed by atoms with Gasteiger partial charge < -0.3 is 9.84 Å². The van der Waals surface area contributed by atoms with Crippen LogP contribution in [0.3, 0.4) is 0 Å². The molecule has 0 fully saturated rings. The minimum Gasteiger partial charge on any atom is -0.467 e. The smallest absolute Gasteiger partial charge is 0.346 e. The van der Waals surface area contributed by atoms with Crippen molar-refractivity contribution in [3.8, 4) is 0 Å². The molecular formula is C12H12O4. The SMILES string of the molecule is COC(=O)C1(O)CCc2ccccc2C1=O. The summed E-state index contributed by atoms with van der Waals surface area (Å²) in [7, 11) is 1.16. The normalized spacial score (nSPS) is 23.8. The predicted octanol–water partition coefficient (Wildman–Crippen LogP) is 0.720. The number of esters is 1. The van der Waals surface area contributed by atoms with Crippen LogP contribution in [0.15, 0.2) is 24.3 Å². The van der Waals surface area contributed by atoms with E-state index in [0.717, 1.165) is 12.7 Å². The molecule has 0 saturated carbocycles. The minimum absolute atomic E-state index is 0.0789. The Bertz CT molecular complexity index is 452. The first-order valence-corrected chi connectivity index (χ1v) is 5.03. The van der Waals surface area contributed by atoms with E-state index in [1.54, 1.807) is 12.1 Å². The van der Waals surface area contributed by atoms with Crippen LogP contribution < -0.4 is 0 Å².